The molecule has 0 heterocycles. The molecule has 0 amide bonds. The number of aryl methyl sites for hydroxylation is 1. The predicted molar refractivity (Wildman–Crippen MR) is 82.5 cm³/mol. The van der Waals surface area contributed by atoms with Crippen LogP contribution in [-0.2, 0) is 16.0 Å². The van der Waals surface area contributed by atoms with Gasteiger partial charge in [0.2, 0.25) is 0 Å². The number of aliphatic carboxylic acids is 1. The normalized spacial score (nSPS) is 21.3. The number of carboxylic acid groups (broad SMARTS) is 1. The molecule has 2 rings (SSSR count). The third-order valence-corrected chi connectivity index (χ3v) is 4.28. The molecule has 5 heteroatoms. The van der Waals surface area contributed by atoms with Gasteiger partial charge in [-0.1, -0.05) is 12.1 Å². The van der Waals surface area contributed by atoms with E-state index >= 15 is 0 Å². The number of esters is 1. The molecule has 0 aliphatic heterocycles. The lowest BCUT2D eigenvalue weighted by molar-refractivity contribution is -0.140. The van der Waals surface area contributed by atoms with Gasteiger partial charge >= 0.3 is 11.9 Å². The van der Waals surface area contributed by atoms with Crippen molar-refractivity contribution in [3.8, 4) is 5.75 Å². The topological polar surface area (TPSA) is 89.6 Å². The Bertz CT molecular complexity index is 504. The zero-order chi connectivity index (χ0) is 15.9. The number of nitrogens with two attached hydrogens (primary N) is 1. The largest absolute Gasteiger partial charge is 0.481 e. The second-order valence-corrected chi connectivity index (χ2v) is 5.91. The van der Waals surface area contributed by atoms with Crippen LogP contribution >= 0.6 is 0 Å². The van der Waals surface area contributed by atoms with E-state index in [2.05, 4.69) is 0 Å². The van der Waals surface area contributed by atoms with Crippen molar-refractivity contribution < 1.29 is 19.4 Å². The molecule has 5 nitrogen and oxygen atoms in total. The Morgan fingerprint density at radius 1 is 1.14 bits per heavy atom. The summed E-state index contributed by atoms with van der Waals surface area (Å²) in [5.74, 6) is 0.0365. The van der Waals surface area contributed by atoms with Crippen LogP contribution in [0.4, 0.5) is 0 Å². The standard InChI is InChI=1S/C17H23NO4/c18-11-13-1-6-14(7-2-13)17(21)22-15-8-3-12(4-9-15)5-10-16(19)20/h3-4,8-9,13-14H,1-2,5-7,10-11,18H2,(H,19,20)/t13-,14+. The SMILES string of the molecule is NC[C@H]1CC[C@@H](C(=O)Oc2ccc(CCC(=O)O)cc2)CC1. The Morgan fingerprint density at radius 2 is 1.77 bits per heavy atom. The highest BCUT2D eigenvalue weighted by Crippen LogP contribution is 2.29. The minimum atomic E-state index is -0.816. The monoisotopic (exact) mass is 305 g/mol. The molecule has 120 valence electrons. The van der Waals surface area contributed by atoms with E-state index in [0.717, 1.165) is 31.2 Å². The summed E-state index contributed by atoms with van der Waals surface area (Å²) in [5.41, 5.74) is 6.57. The van der Waals surface area contributed by atoms with Crippen LogP contribution < -0.4 is 10.5 Å². The highest BCUT2D eigenvalue weighted by atomic mass is 16.5. The molecule has 1 aromatic carbocycles. The fourth-order valence-electron chi connectivity index (χ4n) is 2.81. The first-order valence-electron chi connectivity index (χ1n) is 7.81. The van der Waals surface area contributed by atoms with Crippen LogP contribution in [0.2, 0.25) is 0 Å². The summed E-state index contributed by atoms with van der Waals surface area (Å²) in [6.45, 7) is 0.694. The molecule has 0 spiro atoms. The third kappa shape index (κ3) is 4.84. The van der Waals surface area contributed by atoms with Gasteiger partial charge in [-0.15, -0.1) is 0 Å². The van der Waals surface area contributed by atoms with Crippen LogP contribution in [0.5, 0.6) is 5.75 Å². The Morgan fingerprint density at radius 3 is 2.32 bits per heavy atom. The van der Waals surface area contributed by atoms with Gasteiger partial charge in [0.25, 0.3) is 0 Å². The maximum Gasteiger partial charge on any atom is 0.314 e. The molecule has 0 atom stereocenters. The van der Waals surface area contributed by atoms with Crippen molar-refractivity contribution in [2.24, 2.45) is 17.6 Å². The summed E-state index contributed by atoms with van der Waals surface area (Å²) in [6.07, 6.45) is 4.25. The summed E-state index contributed by atoms with van der Waals surface area (Å²) < 4.78 is 5.42. The van der Waals surface area contributed by atoms with Crippen LogP contribution in [0.1, 0.15) is 37.7 Å². The lowest BCUT2D eigenvalue weighted by atomic mass is 9.82. The van der Waals surface area contributed by atoms with Crippen molar-refractivity contribution in [1.82, 2.24) is 0 Å². The van der Waals surface area contributed by atoms with E-state index in [1.54, 1.807) is 24.3 Å². The molecule has 0 unspecified atom stereocenters. The summed E-state index contributed by atoms with van der Waals surface area (Å²) in [7, 11) is 0. The molecular weight excluding hydrogens is 282 g/mol. The van der Waals surface area contributed by atoms with Crippen molar-refractivity contribution in [2.45, 2.75) is 38.5 Å². The van der Waals surface area contributed by atoms with Gasteiger partial charge < -0.3 is 15.6 Å². The van der Waals surface area contributed by atoms with Gasteiger partial charge in [-0.2, -0.15) is 0 Å². The van der Waals surface area contributed by atoms with Crippen molar-refractivity contribution in [1.29, 1.82) is 0 Å². The zero-order valence-corrected chi connectivity index (χ0v) is 12.7. The summed E-state index contributed by atoms with van der Waals surface area (Å²) in [6, 6.07) is 7.05. The van der Waals surface area contributed by atoms with Crippen LogP contribution in [0.25, 0.3) is 0 Å². The quantitative estimate of drug-likeness (QED) is 0.622. The maximum absolute atomic E-state index is 12.1. The Labute approximate surface area is 130 Å². The van der Waals surface area contributed by atoms with Gasteiger partial charge in [-0.05, 0) is 62.3 Å². The van der Waals surface area contributed by atoms with E-state index in [9.17, 15) is 9.59 Å². The number of rotatable bonds is 6. The molecule has 0 bridgehead atoms. The van der Waals surface area contributed by atoms with E-state index in [-0.39, 0.29) is 18.3 Å². The first kappa shape index (κ1) is 16.5. The summed E-state index contributed by atoms with van der Waals surface area (Å²) >= 11 is 0. The van der Waals surface area contributed by atoms with E-state index in [1.165, 1.54) is 0 Å². The number of carbonyl (C=O) groups is 2. The molecule has 1 aliphatic rings. The van der Waals surface area contributed by atoms with Gasteiger partial charge in [0, 0.05) is 6.42 Å². The number of hydrogen-bond acceptors (Lipinski definition) is 4. The smallest absolute Gasteiger partial charge is 0.314 e. The zero-order valence-electron chi connectivity index (χ0n) is 12.7. The van der Waals surface area contributed by atoms with E-state index < -0.39 is 5.97 Å². The van der Waals surface area contributed by atoms with E-state index in [4.69, 9.17) is 15.6 Å². The highest BCUT2D eigenvalue weighted by molar-refractivity contribution is 5.75. The van der Waals surface area contributed by atoms with Crippen molar-refractivity contribution in [3.05, 3.63) is 29.8 Å². The number of carbonyl (C=O) groups excluding carboxylic acids is 1. The molecule has 22 heavy (non-hydrogen) atoms. The molecule has 1 fully saturated rings. The summed E-state index contributed by atoms with van der Waals surface area (Å²) in [4.78, 5) is 22.7. The van der Waals surface area contributed by atoms with Gasteiger partial charge in [0.15, 0.2) is 0 Å². The molecule has 1 saturated carbocycles. The average molecular weight is 305 g/mol. The van der Waals surface area contributed by atoms with E-state index in [0.29, 0.717) is 24.6 Å². The highest BCUT2D eigenvalue weighted by Gasteiger charge is 2.27. The second kappa shape index (κ2) is 7.94. The van der Waals surface area contributed by atoms with Gasteiger partial charge in [0.05, 0.1) is 5.92 Å². The van der Waals surface area contributed by atoms with Crippen LogP contribution in [-0.4, -0.2) is 23.6 Å². The van der Waals surface area contributed by atoms with E-state index in [1.807, 2.05) is 0 Å². The Hall–Kier alpha value is -1.88. The van der Waals surface area contributed by atoms with Crippen molar-refractivity contribution >= 4 is 11.9 Å². The summed E-state index contributed by atoms with van der Waals surface area (Å²) in [5, 5.41) is 8.65. The lowest BCUT2D eigenvalue weighted by Crippen LogP contribution is -2.28. The minimum absolute atomic E-state index is 0.0329. The lowest BCUT2D eigenvalue weighted by Gasteiger charge is -2.26. The first-order valence-corrected chi connectivity index (χ1v) is 7.81. The molecule has 3 N–H and O–H groups in total. The molecule has 1 aliphatic carbocycles. The Balaban J connectivity index is 1.83. The molecule has 1 aromatic rings. The van der Waals surface area contributed by atoms with Crippen molar-refractivity contribution in [3.63, 3.8) is 0 Å². The van der Waals surface area contributed by atoms with Gasteiger partial charge in [-0.3, -0.25) is 9.59 Å². The molecular formula is C17H23NO4. The fourth-order valence-corrected chi connectivity index (χ4v) is 2.81. The van der Waals surface area contributed by atoms with Crippen LogP contribution in [0.3, 0.4) is 0 Å². The molecule has 0 radical (unpaired) electrons. The second-order valence-electron chi connectivity index (χ2n) is 5.91. The predicted octanol–water partition coefficient (Wildman–Crippen LogP) is 2.37. The number of hydrogen-bond donors (Lipinski definition) is 2. The van der Waals surface area contributed by atoms with Crippen molar-refractivity contribution in [2.75, 3.05) is 6.54 Å². The van der Waals surface area contributed by atoms with Crippen LogP contribution in [0.15, 0.2) is 24.3 Å². The molecule has 0 saturated heterocycles. The minimum Gasteiger partial charge on any atom is -0.481 e. The number of ether oxygens (including phenoxy) is 1. The average Bonchev–Trinajstić information content (AvgIpc) is 2.54. The molecule has 0 aromatic heterocycles. The van der Waals surface area contributed by atoms with Gasteiger partial charge in [-0.25, -0.2) is 0 Å². The van der Waals surface area contributed by atoms with Gasteiger partial charge in [0.1, 0.15) is 5.75 Å². The van der Waals surface area contributed by atoms with Crippen LogP contribution in [0, 0.1) is 11.8 Å². The Kier molecular flexibility index (Phi) is 5.95. The third-order valence-electron chi connectivity index (χ3n) is 4.28. The maximum atomic E-state index is 12.1. The number of carboxylic acids is 1. The first-order chi connectivity index (χ1) is 10.6. The number of benzene rings is 1. The fraction of sp³-hybridized carbons (Fsp3) is 0.529.